The summed E-state index contributed by atoms with van der Waals surface area (Å²) in [6.45, 7) is 3.20. The lowest BCUT2D eigenvalue weighted by Gasteiger charge is -2.15. The van der Waals surface area contributed by atoms with Crippen molar-refractivity contribution in [2.75, 3.05) is 18.8 Å². The van der Waals surface area contributed by atoms with Gasteiger partial charge in [0, 0.05) is 24.7 Å². The normalized spacial score (nSPS) is 10.8. The zero-order valence-electron chi connectivity index (χ0n) is 7.96. The van der Waals surface area contributed by atoms with Crippen LogP contribution in [0.3, 0.4) is 0 Å². The first-order valence-electron chi connectivity index (χ1n) is 4.45. The second-order valence-electron chi connectivity index (χ2n) is 3.28. The van der Waals surface area contributed by atoms with Crippen LogP contribution < -0.4 is 17.2 Å². The van der Waals surface area contributed by atoms with Crippen LogP contribution in [0.4, 0.5) is 5.69 Å². The topological polar surface area (TPSA) is 78.1 Å². The van der Waals surface area contributed by atoms with Gasteiger partial charge in [-0.25, -0.2) is 0 Å². The van der Waals surface area contributed by atoms with Crippen LogP contribution in [0.1, 0.15) is 17.0 Å². The fourth-order valence-electron chi connectivity index (χ4n) is 1.51. The Balaban J connectivity index is 2.99. The SMILES string of the molecule is Cc1cc(N)ccc1C(CN)CN. The lowest BCUT2D eigenvalue weighted by Crippen LogP contribution is -2.21. The zero-order valence-corrected chi connectivity index (χ0v) is 7.96. The summed E-state index contributed by atoms with van der Waals surface area (Å²) < 4.78 is 0. The van der Waals surface area contributed by atoms with Gasteiger partial charge < -0.3 is 17.2 Å². The molecule has 0 bridgehead atoms. The van der Waals surface area contributed by atoms with Gasteiger partial charge in [0.1, 0.15) is 0 Å². The van der Waals surface area contributed by atoms with Crippen LogP contribution in [-0.2, 0) is 0 Å². The van der Waals surface area contributed by atoms with Crippen molar-refractivity contribution in [1.82, 2.24) is 0 Å². The molecule has 1 aromatic rings. The van der Waals surface area contributed by atoms with Crippen molar-refractivity contribution in [3.05, 3.63) is 29.3 Å². The smallest absolute Gasteiger partial charge is 0.0316 e. The first-order valence-corrected chi connectivity index (χ1v) is 4.45. The van der Waals surface area contributed by atoms with E-state index in [-0.39, 0.29) is 5.92 Å². The molecule has 3 nitrogen and oxygen atoms in total. The summed E-state index contributed by atoms with van der Waals surface area (Å²) in [7, 11) is 0. The van der Waals surface area contributed by atoms with Crippen LogP contribution in [0.15, 0.2) is 18.2 Å². The molecule has 1 aromatic carbocycles. The van der Waals surface area contributed by atoms with Gasteiger partial charge >= 0.3 is 0 Å². The first-order chi connectivity index (χ1) is 6.19. The van der Waals surface area contributed by atoms with Crippen LogP contribution in [-0.4, -0.2) is 13.1 Å². The Morgan fingerprint density at radius 1 is 1.23 bits per heavy atom. The highest BCUT2D eigenvalue weighted by Crippen LogP contribution is 2.20. The third-order valence-corrected chi connectivity index (χ3v) is 2.30. The van der Waals surface area contributed by atoms with E-state index in [1.54, 1.807) is 0 Å². The molecule has 0 saturated carbocycles. The van der Waals surface area contributed by atoms with Gasteiger partial charge in [0.05, 0.1) is 0 Å². The van der Waals surface area contributed by atoms with E-state index in [4.69, 9.17) is 17.2 Å². The van der Waals surface area contributed by atoms with Gasteiger partial charge in [0.15, 0.2) is 0 Å². The van der Waals surface area contributed by atoms with E-state index >= 15 is 0 Å². The fourth-order valence-corrected chi connectivity index (χ4v) is 1.51. The molecule has 72 valence electrons. The molecule has 0 fully saturated rings. The average Bonchev–Trinajstić information content (AvgIpc) is 2.10. The van der Waals surface area contributed by atoms with E-state index in [1.807, 2.05) is 25.1 Å². The van der Waals surface area contributed by atoms with Gasteiger partial charge in [0.2, 0.25) is 0 Å². The minimum absolute atomic E-state index is 0.251. The molecular formula is C10H17N3. The summed E-state index contributed by atoms with van der Waals surface area (Å²) in [5.41, 5.74) is 20.0. The number of aryl methyl sites for hydroxylation is 1. The van der Waals surface area contributed by atoms with Crippen molar-refractivity contribution in [2.45, 2.75) is 12.8 Å². The highest BCUT2D eigenvalue weighted by Gasteiger charge is 2.09. The summed E-state index contributed by atoms with van der Waals surface area (Å²) in [5.74, 6) is 0.251. The maximum atomic E-state index is 5.65. The van der Waals surface area contributed by atoms with Crippen molar-refractivity contribution >= 4 is 5.69 Å². The largest absolute Gasteiger partial charge is 0.399 e. The number of hydrogen-bond acceptors (Lipinski definition) is 3. The second kappa shape index (κ2) is 4.25. The maximum absolute atomic E-state index is 5.65. The van der Waals surface area contributed by atoms with Gasteiger partial charge in [-0.1, -0.05) is 6.07 Å². The molecule has 0 aromatic heterocycles. The highest BCUT2D eigenvalue weighted by molar-refractivity contribution is 5.45. The van der Waals surface area contributed by atoms with Gasteiger partial charge in [-0.3, -0.25) is 0 Å². The highest BCUT2D eigenvalue weighted by atomic mass is 14.6. The molecule has 0 spiro atoms. The quantitative estimate of drug-likeness (QED) is 0.594. The van der Waals surface area contributed by atoms with E-state index in [0.717, 1.165) is 5.69 Å². The number of nitrogens with two attached hydrogens (primary N) is 3. The van der Waals surface area contributed by atoms with Gasteiger partial charge in [-0.05, 0) is 30.2 Å². The Hall–Kier alpha value is -1.06. The average molecular weight is 179 g/mol. The summed E-state index contributed by atoms with van der Waals surface area (Å²) in [5, 5.41) is 0. The summed E-state index contributed by atoms with van der Waals surface area (Å²) in [6.07, 6.45) is 0. The first kappa shape index (κ1) is 10.0. The Kier molecular flexibility index (Phi) is 3.28. The maximum Gasteiger partial charge on any atom is 0.0316 e. The van der Waals surface area contributed by atoms with Crippen LogP contribution in [0.25, 0.3) is 0 Å². The van der Waals surface area contributed by atoms with Crippen LogP contribution in [0, 0.1) is 6.92 Å². The number of nitrogen functional groups attached to an aromatic ring is 1. The standard InChI is InChI=1S/C10H17N3/c1-7-4-9(13)2-3-10(7)8(5-11)6-12/h2-4,8H,5-6,11-13H2,1H3. The molecule has 0 atom stereocenters. The Bertz CT molecular complexity index is 279. The lowest BCUT2D eigenvalue weighted by molar-refractivity contribution is 0.704. The van der Waals surface area contributed by atoms with Crippen LogP contribution in [0.2, 0.25) is 0 Å². The summed E-state index contributed by atoms with van der Waals surface area (Å²) in [4.78, 5) is 0. The van der Waals surface area contributed by atoms with Gasteiger partial charge in [0.25, 0.3) is 0 Å². The van der Waals surface area contributed by atoms with Crippen molar-refractivity contribution in [1.29, 1.82) is 0 Å². The fraction of sp³-hybridized carbons (Fsp3) is 0.400. The second-order valence-corrected chi connectivity index (χ2v) is 3.28. The molecule has 0 saturated heterocycles. The summed E-state index contributed by atoms with van der Waals surface area (Å²) in [6, 6.07) is 5.85. The van der Waals surface area contributed by atoms with Gasteiger partial charge in [-0.2, -0.15) is 0 Å². The molecule has 6 N–H and O–H groups in total. The molecule has 0 aliphatic rings. The molecule has 0 unspecified atom stereocenters. The molecule has 0 aliphatic heterocycles. The van der Waals surface area contributed by atoms with Gasteiger partial charge in [-0.15, -0.1) is 0 Å². The molecule has 0 radical (unpaired) electrons. The molecule has 0 heterocycles. The molecular weight excluding hydrogens is 162 g/mol. The molecule has 1 rings (SSSR count). The number of rotatable bonds is 3. The van der Waals surface area contributed by atoms with E-state index in [9.17, 15) is 0 Å². The lowest BCUT2D eigenvalue weighted by atomic mass is 9.94. The van der Waals surface area contributed by atoms with Crippen LogP contribution in [0.5, 0.6) is 0 Å². The summed E-state index contributed by atoms with van der Waals surface area (Å²) >= 11 is 0. The third kappa shape index (κ3) is 2.20. The van der Waals surface area contributed by atoms with E-state index < -0.39 is 0 Å². The predicted molar refractivity (Wildman–Crippen MR) is 56.4 cm³/mol. The molecule has 13 heavy (non-hydrogen) atoms. The van der Waals surface area contributed by atoms with Crippen molar-refractivity contribution in [3.8, 4) is 0 Å². The number of hydrogen-bond donors (Lipinski definition) is 3. The molecule has 0 amide bonds. The van der Waals surface area contributed by atoms with E-state index in [0.29, 0.717) is 13.1 Å². The third-order valence-electron chi connectivity index (χ3n) is 2.30. The van der Waals surface area contributed by atoms with Crippen molar-refractivity contribution in [3.63, 3.8) is 0 Å². The number of benzene rings is 1. The molecule has 3 heteroatoms. The zero-order chi connectivity index (χ0) is 9.84. The predicted octanol–water partition coefficient (Wildman–Crippen LogP) is 0.578. The number of anilines is 1. The Labute approximate surface area is 78.9 Å². The van der Waals surface area contributed by atoms with Crippen LogP contribution >= 0.6 is 0 Å². The van der Waals surface area contributed by atoms with E-state index in [2.05, 4.69) is 0 Å². The minimum Gasteiger partial charge on any atom is -0.399 e. The van der Waals surface area contributed by atoms with Crippen molar-refractivity contribution in [2.24, 2.45) is 11.5 Å². The van der Waals surface area contributed by atoms with E-state index in [1.165, 1.54) is 11.1 Å². The molecule has 0 aliphatic carbocycles. The Morgan fingerprint density at radius 3 is 2.31 bits per heavy atom. The monoisotopic (exact) mass is 179 g/mol. The Morgan fingerprint density at radius 2 is 1.85 bits per heavy atom. The van der Waals surface area contributed by atoms with Crippen molar-refractivity contribution < 1.29 is 0 Å². The minimum atomic E-state index is 0.251.